The quantitative estimate of drug-likeness (QED) is 0.679. The number of esters is 1. The molecular formula is C15H15ClN2O5S2. The van der Waals surface area contributed by atoms with Crippen molar-refractivity contribution in [2.45, 2.75) is 18.3 Å². The van der Waals surface area contributed by atoms with Gasteiger partial charge in [-0.25, -0.2) is 8.42 Å². The summed E-state index contributed by atoms with van der Waals surface area (Å²) in [7, 11) is -2.94. The van der Waals surface area contributed by atoms with Crippen molar-refractivity contribution in [1.82, 2.24) is 10.1 Å². The predicted molar refractivity (Wildman–Crippen MR) is 94.1 cm³/mol. The fourth-order valence-corrected chi connectivity index (χ4v) is 5.95. The molecule has 10 heteroatoms. The van der Waals surface area contributed by atoms with Crippen molar-refractivity contribution in [3.63, 3.8) is 0 Å². The zero-order chi connectivity index (χ0) is 17.9. The minimum absolute atomic E-state index is 0.0459. The number of benzene rings is 1. The number of rotatable bonds is 6. The minimum Gasteiger partial charge on any atom is -0.455 e. The van der Waals surface area contributed by atoms with Gasteiger partial charge in [-0.2, -0.15) is 4.98 Å². The van der Waals surface area contributed by atoms with Gasteiger partial charge in [0.15, 0.2) is 16.4 Å². The molecule has 0 aliphatic carbocycles. The van der Waals surface area contributed by atoms with Gasteiger partial charge in [0.05, 0.1) is 17.3 Å². The lowest BCUT2D eigenvalue weighted by molar-refractivity contribution is -0.142. The SMILES string of the molecule is O=C(CS[C@@H]1CCS(=O)(=O)C1)OCc1nc(-c2cccc(Cl)c2)no1. The van der Waals surface area contributed by atoms with E-state index in [-0.39, 0.29) is 35.0 Å². The van der Waals surface area contributed by atoms with Crippen LogP contribution in [0, 0.1) is 0 Å². The Morgan fingerprint density at radius 1 is 1.44 bits per heavy atom. The average molecular weight is 403 g/mol. The van der Waals surface area contributed by atoms with Crippen LogP contribution in [0.15, 0.2) is 28.8 Å². The molecule has 2 aromatic rings. The van der Waals surface area contributed by atoms with E-state index >= 15 is 0 Å². The molecule has 0 N–H and O–H groups in total. The number of ether oxygens (including phenoxy) is 1. The number of aromatic nitrogens is 2. The van der Waals surface area contributed by atoms with Crippen LogP contribution in [0.4, 0.5) is 0 Å². The van der Waals surface area contributed by atoms with E-state index in [1.807, 2.05) is 0 Å². The van der Waals surface area contributed by atoms with Crippen molar-refractivity contribution in [3.05, 3.63) is 35.2 Å². The van der Waals surface area contributed by atoms with Gasteiger partial charge in [0.25, 0.3) is 5.89 Å². The smallest absolute Gasteiger partial charge is 0.316 e. The number of nitrogens with zero attached hydrogens (tertiary/aromatic N) is 2. The van der Waals surface area contributed by atoms with Gasteiger partial charge in [0.1, 0.15) is 0 Å². The summed E-state index contributed by atoms with van der Waals surface area (Å²) in [6.45, 7) is -0.129. The van der Waals surface area contributed by atoms with Crippen LogP contribution in [0.2, 0.25) is 5.02 Å². The standard InChI is InChI=1S/C15H15ClN2O5S2/c16-11-3-1-2-10(6-11)15-17-13(23-18-15)7-22-14(19)8-24-12-4-5-25(20,21)9-12/h1-3,6,12H,4-5,7-9H2/t12-/m1/s1. The lowest BCUT2D eigenvalue weighted by Gasteiger charge is -2.06. The highest BCUT2D eigenvalue weighted by Crippen LogP contribution is 2.24. The molecule has 25 heavy (non-hydrogen) atoms. The normalized spacial score (nSPS) is 19.0. The van der Waals surface area contributed by atoms with Gasteiger partial charge in [-0.3, -0.25) is 4.79 Å². The molecule has 1 aromatic carbocycles. The van der Waals surface area contributed by atoms with Crippen molar-refractivity contribution in [2.24, 2.45) is 0 Å². The van der Waals surface area contributed by atoms with Crippen LogP contribution in [0.3, 0.4) is 0 Å². The van der Waals surface area contributed by atoms with Crippen molar-refractivity contribution in [3.8, 4) is 11.4 Å². The number of thioether (sulfide) groups is 1. The van der Waals surface area contributed by atoms with Gasteiger partial charge < -0.3 is 9.26 Å². The van der Waals surface area contributed by atoms with E-state index < -0.39 is 15.8 Å². The van der Waals surface area contributed by atoms with E-state index in [9.17, 15) is 13.2 Å². The van der Waals surface area contributed by atoms with E-state index in [1.54, 1.807) is 24.3 Å². The van der Waals surface area contributed by atoms with Gasteiger partial charge >= 0.3 is 5.97 Å². The van der Waals surface area contributed by atoms with Crippen LogP contribution >= 0.6 is 23.4 Å². The van der Waals surface area contributed by atoms with Crippen LogP contribution in [0.25, 0.3) is 11.4 Å². The number of carbonyl (C=O) groups is 1. The average Bonchev–Trinajstić information content (AvgIpc) is 3.17. The molecule has 1 saturated heterocycles. The number of hydrogen-bond acceptors (Lipinski definition) is 8. The van der Waals surface area contributed by atoms with Crippen LogP contribution in [0.1, 0.15) is 12.3 Å². The third kappa shape index (κ3) is 5.20. The van der Waals surface area contributed by atoms with Crippen LogP contribution < -0.4 is 0 Å². The second-order valence-corrected chi connectivity index (χ2v) is 9.47. The van der Waals surface area contributed by atoms with E-state index in [0.717, 1.165) is 0 Å². The summed E-state index contributed by atoms with van der Waals surface area (Å²) in [6, 6.07) is 7.00. The zero-order valence-electron chi connectivity index (χ0n) is 13.1. The summed E-state index contributed by atoms with van der Waals surface area (Å²) < 4.78 is 32.9. The fraction of sp³-hybridized carbons (Fsp3) is 0.400. The molecule has 0 amide bonds. The monoisotopic (exact) mass is 402 g/mol. The third-order valence-electron chi connectivity index (χ3n) is 3.54. The maximum absolute atomic E-state index is 11.8. The largest absolute Gasteiger partial charge is 0.455 e. The second-order valence-electron chi connectivity index (χ2n) is 5.52. The zero-order valence-corrected chi connectivity index (χ0v) is 15.4. The summed E-state index contributed by atoms with van der Waals surface area (Å²) in [4.78, 5) is 15.9. The van der Waals surface area contributed by atoms with Crippen LogP contribution in [0.5, 0.6) is 0 Å². The molecule has 2 heterocycles. The molecule has 0 radical (unpaired) electrons. The lowest BCUT2D eigenvalue weighted by atomic mass is 10.2. The van der Waals surface area contributed by atoms with Gasteiger partial charge in [0, 0.05) is 15.8 Å². The Kier molecular flexibility index (Phi) is 5.65. The Morgan fingerprint density at radius 2 is 2.28 bits per heavy atom. The number of hydrogen-bond donors (Lipinski definition) is 0. The van der Waals surface area contributed by atoms with Gasteiger partial charge in [-0.15, -0.1) is 11.8 Å². The van der Waals surface area contributed by atoms with E-state index in [2.05, 4.69) is 10.1 Å². The maximum atomic E-state index is 11.8. The molecule has 134 valence electrons. The molecule has 0 unspecified atom stereocenters. The fourth-order valence-electron chi connectivity index (χ4n) is 2.32. The molecule has 1 fully saturated rings. The molecule has 1 aliphatic rings. The van der Waals surface area contributed by atoms with Gasteiger partial charge in [-0.1, -0.05) is 28.9 Å². The molecule has 1 atom stereocenters. The van der Waals surface area contributed by atoms with Crippen molar-refractivity contribution in [1.29, 1.82) is 0 Å². The van der Waals surface area contributed by atoms with Crippen molar-refractivity contribution in [2.75, 3.05) is 17.3 Å². The first-order valence-corrected chi connectivity index (χ1v) is 10.7. The van der Waals surface area contributed by atoms with Crippen molar-refractivity contribution < 1.29 is 22.5 Å². The predicted octanol–water partition coefficient (Wildman–Crippen LogP) is 2.35. The first kappa shape index (κ1) is 18.2. The van der Waals surface area contributed by atoms with Crippen LogP contribution in [-0.2, 0) is 26.0 Å². The number of sulfone groups is 1. The van der Waals surface area contributed by atoms with Gasteiger partial charge in [0.2, 0.25) is 5.82 Å². The summed E-state index contributed by atoms with van der Waals surface area (Å²) in [6.07, 6.45) is 0.576. The molecule has 7 nitrogen and oxygen atoms in total. The second kappa shape index (κ2) is 7.76. The molecule has 0 saturated carbocycles. The van der Waals surface area contributed by atoms with Crippen LogP contribution in [-0.4, -0.2) is 47.0 Å². The molecule has 0 spiro atoms. The first-order valence-electron chi connectivity index (χ1n) is 7.47. The Balaban J connectivity index is 1.46. The summed E-state index contributed by atoms with van der Waals surface area (Å²) >= 11 is 7.21. The van der Waals surface area contributed by atoms with Gasteiger partial charge in [-0.05, 0) is 18.6 Å². The third-order valence-corrected chi connectivity index (χ3v) is 7.03. The lowest BCUT2D eigenvalue weighted by Crippen LogP contribution is -2.12. The topological polar surface area (TPSA) is 99.4 Å². The molecule has 0 bridgehead atoms. The van der Waals surface area contributed by atoms with E-state index in [4.69, 9.17) is 20.9 Å². The Hall–Kier alpha value is -1.58. The highest BCUT2D eigenvalue weighted by molar-refractivity contribution is 8.02. The Morgan fingerprint density at radius 3 is 3.00 bits per heavy atom. The highest BCUT2D eigenvalue weighted by Gasteiger charge is 2.28. The summed E-state index contributed by atoms with van der Waals surface area (Å²) in [5, 5.41) is 4.33. The maximum Gasteiger partial charge on any atom is 0.316 e. The summed E-state index contributed by atoms with van der Waals surface area (Å²) in [5.41, 5.74) is 0.701. The van der Waals surface area contributed by atoms with E-state index in [0.29, 0.717) is 22.8 Å². The molecule has 1 aromatic heterocycles. The minimum atomic E-state index is -2.94. The number of carbonyl (C=O) groups excluding carboxylic acids is 1. The molecule has 3 rings (SSSR count). The summed E-state index contributed by atoms with van der Waals surface area (Å²) in [5.74, 6) is 0.494. The highest BCUT2D eigenvalue weighted by atomic mass is 35.5. The number of halogens is 1. The molecule has 1 aliphatic heterocycles. The molecular weight excluding hydrogens is 388 g/mol. The Labute approximate surface area is 154 Å². The van der Waals surface area contributed by atoms with Crippen molar-refractivity contribution >= 4 is 39.2 Å². The Bertz CT molecular complexity index is 868. The first-order chi connectivity index (χ1) is 11.9. The van der Waals surface area contributed by atoms with E-state index in [1.165, 1.54) is 11.8 Å².